The zero-order valence-corrected chi connectivity index (χ0v) is 14.4. The van der Waals surface area contributed by atoms with Crippen LogP contribution in [0.2, 0.25) is 0 Å². The summed E-state index contributed by atoms with van der Waals surface area (Å²) in [4.78, 5) is 25.1. The van der Waals surface area contributed by atoms with Crippen LogP contribution >= 0.6 is 0 Å². The lowest BCUT2D eigenvalue weighted by atomic mass is 9.90. The first-order chi connectivity index (χ1) is 10.9. The molecule has 1 fully saturated rings. The minimum atomic E-state index is -1.09. The first-order valence-electron chi connectivity index (χ1n) is 8.58. The Morgan fingerprint density at radius 3 is 2.09 bits per heavy atom. The van der Waals surface area contributed by atoms with Crippen LogP contribution in [0.4, 0.5) is 5.69 Å². The second-order valence-electron chi connectivity index (χ2n) is 7.11. The number of rotatable bonds is 4. The quantitative estimate of drug-likeness (QED) is 0.656. The average molecular weight is 316 g/mol. The molecule has 1 aromatic rings. The molecule has 2 N–H and O–H groups in total. The molecule has 2 rings (SSSR count). The Morgan fingerprint density at radius 1 is 0.957 bits per heavy atom. The van der Waals surface area contributed by atoms with Crippen molar-refractivity contribution in [3.05, 3.63) is 29.8 Å². The number of carbonyl (C=O) groups excluding carboxylic acids is 2. The Morgan fingerprint density at radius 2 is 1.52 bits per heavy atom. The highest BCUT2D eigenvalue weighted by Crippen LogP contribution is 2.22. The van der Waals surface area contributed by atoms with Gasteiger partial charge < -0.3 is 10.6 Å². The van der Waals surface area contributed by atoms with Gasteiger partial charge in [0.05, 0.1) is 0 Å². The van der Waals surface area contributed by atoms with Crippen LogP contribution in [0, 0.1) is 12.3 Å². The number of nitrogens with one attached hydrogen (secondary N) is 2. The van der Waals surface area contributed by atoms with E-state index in [1.165, 1.54) is 12.8 Å². The zero-order chi connectivity index (χ0) is 16.9. The van der Waals surface area contributed by atoms with Crippen LogP contribution in [0.1, 0.15) is 57.9 Å². The monoisotopic (exact) mass is 316 g/mol. The van der Waals surface area contributed by atoms with Crippen LogP contribution in [0.15, 0.2) is 24.3 Å². The Bertz CT molecular complexity index is 541. The molecule has 0 heterocycles. The molecule has 4 heteroatoms. The molecule has 126 valence electrons. The van der Waals surface area contributed by atoms with Crippen molar-refractivity contribution < 1.29 is 9.59 Å². The van der Waals surface area contributed by atoms with Crippen LogP contribution in [0.3, 0.4) is 0 Å². The molecular weight excluding hydrogens is 288 g/mol. The number of hydrogen-bond donors (Lipinski definition) is 2. The lowest BCUT2D eigenvalue weighted by Crippen LogP contribution is -2.48. The Labute approximate surface area is 139 Å². The Kier molecular flexibility index (Phi) is 5.80. The van der Waals surface area contributed by atoms with E-state index in [2.05, 4.69) is 10.6 Å². The van der Waals surface area contributed by atoms with Crippen molar-refractivity contribution in [3.8, 4) is 0 Å². The van der Waals surface area contributed by atoms with Crippen LogP contribution in [-0.4, -0.2) is 17.9 Å². The molecule has 0 spiro atoms. The molecule has 1 aliphatic carbocycles. The van der Waals surface area contributed by atoms with Gasteiger partial charge in [-0.2, -0.15) is 0 Å². The number of carbonyl (C=O) groups is 2. The smallest absolute Gasteiger partial charge is 0.239 e. The van der Waals surface area contributed by atoms with Crippen molar-refractivity contribution in [2.45, 2.75) is 65.3 Å². The molecule has 0 aliphatic heterocycles. The Hall–Kier alpha value is -1.84. The molecular formula is C19H28N2O2. The third kappa shape index (κ3) is 4.81. The number of amides is 2. The molecule has 1 aliphatic rings. The minimum absolute atomic E-state index is 0.186. The van der Waals surface area contributed by atoms with Gasteiger partial charge in [-0.3, -0.25) is 9.59 Å². The van der Waals surface area contributed by atoms with Gasteiger partial charge >= 0.3 is 0 Å². The highest BCUT2D eigenvalue weighted by molar-refractivity contribution is 6.09. The van der Waals surface area contributed by atoms with E-state index in [1.54, 1.807) is 13.8 Å². The van der Waals surface area contributed by atoms with Gasteiger partial charge in [0.15, 0.2) is 0 Å². The van der Waals surface area contributed by atoms with Gasteiger partial charge in [0, 0.05) is 11.7 Å². The summed E-state index contributed by atoms with van der Waals surface area (Å²) in [7, 11) is 0. The fraction of sp³-hybridized carbons (Fsp3) is 0.579. The van der Waals surface area contributed by atoms with Gasteiger partial charge in [-0.15, -0.1) is 0 Å². The predicted octanol–water partition coefficient (Wildman–Crippen LogP) is 3.80. The topological polar surface area (TPSA) is 58.2 Å². The summed E-state index contributed by atoms with van der Waals surface area (Å²) in [5.74, 6) is -0.457. The highest BCUT2D eigenvalue weighted by Gasteiger charge is 2.37. The molecule has 1 saturated carbocycles. The minimum Gasteiger partial charge on any atom is -0.352 e. The third-order valence-corrected chi connectivity index (χ3v) is 4.64. The standard InChI is InChI=1S/C19H28N2O2/c1-14-10-12-16(13-11-14)21-18(23)19(2,3)17(22)20-15-8-6-4-5-7-9-15/h10-13,15H,4-9H2,1-3H3,(H,20,22)(H,21,23). The molecule has 0 atom stereocenters. The second-order valence-corrected chi connectivity index (χ2v) is 7.11. The Balaban J connectivity index is 1.96. The summed E-state index contributed by atoms with van der Waals surface area (Å²) in [5.41, 5.74) is 0.765. The van der Waals surface area contributed by atoms with Gasteiger partial charge in [-0.25, -0.2) is 0 Å². The molecule has 1 aromatic carbocycles. The van der Waals surface area contributed by atoms with Crippen molar-refractivity contribution in [1.82, 2.24) is 5.32 Å². The first-order valence-corrected chi connectivity index (χ1v) is 8.58. The highest BCUT2D eigenvalue weighted by atomic mass is 16.2. The van der Waals surface area contributed by atoms with E-state index in [4.69, 9.17) is 0 Å². The summed E-state index contributed by atoms with van der Waals surface area (Å²) in [6.07, 6.45) is 6.82. The predicted molar refractivity (Wildman–Crippen MR) is 93.2 cm³/mol. The lowest BCUT2D eigenvalue weighted by molar-refractivity contribution is -0.138. The van der Waals surface area contributed by atoms with E-state index in [-0.39, 0.29) is 17.9 Å². The van der Waals surface area contributed by atoms with E-state index in [0.717, 1.165) is 36.9 Å². The maximum atomic E-state index is 12.6. The molecule has 0 radical (unpaired) electrons. The normalized spacial score (nSPS) is 16.5. The first kappa shape index (κ1) is 17.5. The van der Waals surface area contributed by atoms with Crippen molar-refractivity contribution in [2.75, 3.05) is 5.32 Å². The summed E-state index contributed by atoms with van der Waals surface area (Å²) in [5, 5.41) is 5.92. The van der Waals surface area contributed by atoms with Crippen LogP contribution < -0.4 is 10.6 Å². The fourth-order valence-corrected chi connectivity index (χ4v) is 2.82. The number of anilines is 1. The second kappa shape index (κ2) is 7.62. The van der Waals surface area contributed by atoms with Crippen LogP contribution in [0.25, 0.3) is 0 Å². The zero-order valence-electron chi connectivity index (χ0n) is 14.4. The van der Waals surface area contributed by atoms with E-state index in [0.29, 0.717) is 0 Å². The van der Waals surface area contributed by atoms with E-state index in [1.807, 2.05) is 31.2 Å². The molecule has 0 saturated heterocycles. The van der Waals surface area contributed by atoms with Crippen LogP contribution in [-0.2, 0) is 9.59 Å². The van der Waals surface area contributed by atoms with Crippen molar-refractivity contribution in [3.63, 3.8) is 0 Å². The van der Waals surface area contributed by atoms with E-state index >= 15 is 0 Å². The molecule has 23 heavy (non-hydrogen) atoms. The SMILES string of the molecule is Cc1ccc(NC(=O)C(C)(C)C(=O)NC2CCCCCC2)cc1. The summed E-state index contributed by atoms with van der Waals surface area (Å²) >= 11 is 0. The van der Waals surface area contributed by atoms with Crippen molar-refractivity contribution >= 4 is 17.5 Å². The molecule has 0 unspecified atom stereocenters. The molecule has 0 bridgehead atoms. The molecule has 4 nitrogen and oxygen atoms in total. The average Bonchev–Trinajstić information content (AvgIpc) is 2.78. The summed E-state index contributed by atoms with van der Waals surface area (Å²) in [6.45, 7) is 5.36. The summed E-state index contributed by atoms with van der Waals surface area (Å²) in [6, 6.07) is 7.79. The molecule has 0 aromatic heterocycles. The van der Waals surface area contributed by atoms with Crippen molar-refractivity contribution in [2.24, 2.45) is 5.41 Å². The fourth-order valence-electron chi connectivity index (χ4n) is 2.82. The maximum absolute atomic E-state index is 12.6. The van der Waals surface area contributed by atoms with Gasteiger partial charge in [0.1, 0.15) is 5.41 Å². The van der Waals surface area contributed by atoms with E-state index < -0.39 is 5.41 Å². The third-order valence-electron chi connectivity index (χ3n) is 4.64. The van der Waals surface area contributed by atoms with Crippen LogP contribution in [0.5, 0.6) is 0 Å². The van der Waals surface area contributed by atoms with Gasteiger partial charge in [0.25, 0.3) is 0 Å². The lowest BCUT2D eigenvalue weighted by Gasteiger charge is -2.26. The van der Waals surface area contributed by atoms with Gasteiger partial charge in [-0.1, -0.05) is 43.4 Å². The largest absolute Gasteiger partial charge is 0.352 e. The number of aryl methyl sites for hydroxylation is 1. The van der Waals surface area contributed by atoms with E-state index in [9.17, 15) is 9.59 Å². The number of benzene rings is 1. The van der Waals surface area contributed by atoms with Gasteiger partial charge in [0.2, 0.25) is 11.8 Å². The van der Waals surface area contributed by atoms with Crippen molar-refractivity contribution in [1.29, 1.82) is 0 Å². The molecule has 2 amide bonds. The summed E-state index contributed by atoms with van der Waals surface area (Å²) < 4.78 is 0. The van der Waals surface area contributed by atoms with Gasteiger partial charge in [-0.05, 0) is 45.7 Å². The maximum Gasteiger partial charge on any atom is 0.239 e. The number of hydrogen-bond acceptors (Lipinski definition) is 2.